The SMILES string of the molecule is CCCc1c(/C=N\CNc2ccc(C(=O)N3CC(OC)C3)cc2OC)cccc1-c1cnn(CCOC)c1. The maximum atomic E-state index is 12.7. The number of anilines is 1. The van der Waals surface area contributed by atoms with Gasteiger partial charge in [0.25, 0.3) is 5.91 Å². The quantitative estimate of drug-likeness (QED) is 0.342. The molecule has 9 heteroatoms. The zero-order valence-corrected chi connectivity index (χ0v) is 22.6. The Kier molecular flexibility index (Phi) is 9.51. The predicted octanol–water partition coefficient (Wildman–Crippen LogP) is 4.12. The highest BCUT2D eigenvalue weighted by atomic mass is 16.5. The third-order valence-electron chi connectivity index (χ3n) is 6.69. The van der Waals surface area contributed by atoms with Crippen molar-refractivity contribution in [1.82, 2.24) is 14.7 Å². The number of aromatic nitrogens is 2. The number of ether oxygens (including phenoxy) is 3. The van der Waals surface area contributed by atoms with Crippen molar-refractivity contribution in [2.45, 2.75) is 32.4 Å². The van der Waals surface area contributed by atoms with E-state index in [4.69, 9.17) is 14.2 Å². The number of aliphatic imine (C=N–C) groups is 1. The van der Waals surface area contributed by atoms with Crippen molar-refractivity contribution in [3.05, 3.63) is 65.5 Å². The predicted molar refractivity (Wildman–Crippen MR) is 149 cm³/mol. The van der Waals surface area contributed by atoms with Crippen LogP contribution in [0.25, 0.3) is 11.1 Å². The number of hydrogen-bond acceptors (Lipinski definition) is 7. The number of rotatable bonds is 13. The molecule has 0 saturated carbocycles. The minimum atomic E-state index is -0.0197. The summed E-state index contributed by atoms with van der Waals surface area (Å²) < 4.78 is 17.9. The molecule has 38 heavy (non-hydrogen) atoms. The van der Waals surface area contributed by atoms with Gasteiger partial charge in [-0.1, -0.05) is 31.5 Å². The summed E-state index contributed by atoms with van der Waals surface area (Å²) in [7, 11) is 4.96. The van der Waals surface area contributed by atoms with E-state index >= 15 is 0 Å². The number of hydrogen-bond donors (Lipinski definition) is 1. The maximum absolute atomic E-state index is 12.7. The molecule has 202 valence electrons. The molecule has 1 aromatic heterocycles. The Balaban J connectivity index is 1.43. The Labute approximate surface area is 224 Å². The average molecular weight is 520 g/mol. The molecule has 0 spiro atoms. The van der Waals surface area contributed by atoms with Crippen molar-refractivity contribution in [2.24, 2.45) is 4.99 Å². The van der Waals surface area contributed by atoms with Gasteiger partial charge in [0.15, 0.2) is 0 Å². The number of carbonyl (C=O) groups is 1. The van der Waals surface area contributed by atoms with E-state index in [1.807, 2.05) is 29.2 Å². The van der Waals surface area contributed by atoms with Crippen LogP contribution in [0.3, 0.4) is 0 Å². The molecule has 9 nitrogen and oxygen atoms in total. The van der Waals surface area contributed by atoms with Crippen LogP contribution in [0.15, 0.2) is 53.8 Å². The number of likely N-dealkylation sites (tertiary alicyclic amines) is 1. The van der Waals surface area contributed by atoms with Crippen LogP contribution >= 0.6 is 0 Å². The van der Waals surface area contributed by atoms with Crippen molar-refractivity contribution in [1.29, 1.82) is 0 Å². The molecule has 1 N–H and O–H groups in total. The van der Waals surface area contributed by atoms with Crippen LogP contribution in [-0.4, -0.2) is 80.6 Å². The van der Waals surface area contributed by atoms with Crippen LogP contribution in [0.1, 0.15) is 34.8 Å². The van der Waals surface area contributed by atoms with Crippen LogP contribution in [0.2, 0.25) is 0 Å². The Morgan fingerprint density at radius 3 is 2.79 bits per heavy atom. The monoisotopic (exact) mass is 519 g/mol. The second kappa shape index (κ2) is 13.2. The van der Waals surface area contributed by atoms with Crippen molar-refractivity contribution in [2.75, 3.05) is 53.0 Å². The zero-order chi connectivity index (χ0) is 26.9. The molecule has 0 bridgehead atoms. The Morgan fingerprint density at radius 2 is 2.05 bits per heavy atom. The fourth-order valence-electron chi connectivity index (χ4n) is 4.52. The lowest BCUT2D eigenvalue weighted by Crippen LogP contribution is -2.54. The number of methoxy groups -OCH3 is 3. The van der Waals surface area contributed by atoms with Gasteiger partial charge in [-0.3, -0.25) is 14.5 Å². The summed E-state index contributed by atoms with van der Waals surface area (Å²) >= 11 is 0. The summed E-state index contributed by atoms with van der Waals surface area (Å²) in [5, 5.41) is 7.78. The van der Waals surface area contributed by atoms with Gasteiger partial charge >= 0.3 is 0 Å². The molecule has 4 rings (SSSR count). The number of nitrogens with zero attached hydrogens (tertiary/aromatic N) is 4. The number of nitrogens with one attached hydrogen (secondary N) is 1. The van der Waals surface area contributed by atoms with Crippen LogP contribution in [0.4, 0.5) is 5.69 Å². The third-order valence-corrected chi connectivity index (χ3v) is 6.69. The number of benzene rings is 2. The molecule has 0 unspecified atom stereocenters. The lowest BCUT2D eigenvalue weighted by molar-refractivity contribution is -0.0192. The van der Waals surface area contributed by atoms with Crippen molar-refractivity contribution >= 4 is 17.8 Å². The van der Waals surface area contributed by atoms with Crippen molar-refractivity contribution in [3.8, 4) is 16.9 Å². The van der Waals surface area contributed by atoms with Gasteiger partial charge in [0, 0.05) is 50.8 Å². The van der Waals surface area contributed by atoms with Gasteiger partial charge in [0.05, 0.1) is 38.2 Å². The second-order valence-electron chi connectivity index (χ2n) is 9.24. The molecule has 1 aliphatic rings. The molecule has 3 aromatic rings. The molecular formula is C29H37N5O4. The van der Waals surface area contributed by atoms with Crippen molar-refractivity contribution in [3.63, 3.8) is 0 Å². The van der Waals surface area contributed by atoms with E-state index in [2.05, 4.69) is 46.7 Å². The first-order chi connectivity index (χ1) is 18.6. The van der Waals surface area contributed by atoms with E-state index in [9.17, 15) is 4.79 Å². The first-order valence-electron chi connectivity index (χ1n) is 12.9. The first-order valence-corrected chi connectivity index (χ1v) is 12.9. The summed E-state index contributed by atoms with van der Waals surface area (Å²) in [5.41, 5.74) is 5.99. The van der Waals surface area contributed by atoms with Gasteiger partial charge in [0.2, 0.25) is 0 Å². The molecular weight excluding hydrogens is 482 g/mol. The Bertz CT molecular complexity index is 1250. The lowest BCUT2D eigenvalue weighted by Gasteiger charge is -2.38. The molecule has 1 saturated heterocycles. The standard InChI is InChI=1S/C29H37N5O4/c1-5-7-25-22(8-6-9-26(25)23-16-32-34(17-23)12-13-36-2)15-30-20-31-27-11-10-21(14-28(27)38-4)29(35)33-18-24(19-33)37-3/h6,8-11,14-17,24,31H,5,7,12-13,18-20H2,1-4H3/b30-15-. The van der Waals surface area contributed by atoms with Gasteiger partial charge in [-0.15, -0.1) is 0 Å². The number of carbonyl (C=O) groups excluding carboxylic acids is 1. The van der Waals surface area contributed by atoms with Crippen LogP contribution in [-0.2, 0) is 22.4 Å². The van der Waals surface area contributed by atoms with E-state index < -0.39 is 0 Å². The molecule has 2 aromatic carbocycles. The molecule has 1 fully saturated rings. The molecule has 1 amide bonds. The second-order valence-corrected chi connectivity index (χ2v) is 9.24. The van der Waals surface area contributed by atoms with Crippen molar-refractivity contribution < 1.29 is 19.0 Å². The minimum Gasteiger partial charge on any atom is -0.495 e. The number of amides is 1. The van der Waals surface area contributed by atoms with Crippen LogP contribution in [0, 0.1) is 0 Å². The summed E-state index contributed by atoms with van der Waals surface area (Å²) in [5.74, 6) is 0.586. The minimum absolute atomic E-state index is 0.0197. The maximum Gasteiger partial charge on any atom is 0.254 e. The largest absolute Gasteiger partial charge is 0.495 e. The summed E-state index contributed by atoms with van der Waals surface area (Å²) in [6.07, 6.45) is 7.98. The highest BCUT2D eigenvalue weighted by molar-refractivity contribution is 5.96. The first kappa shape index (κ1) is 27.3. The molecule has 0 aliphatic carbocycles. The van der Waals surface area contributed by atoms with E-state index in [1.165, 1.54) is 11.1 Å². The highest BCUT2D eigenvalue weighted by Crippen LogP contribution is 2.28. The Morgan fingerprint density at radius 1 is 1.21 bits per heavy atom. The summed E-state index contributed by atoms with van der Waals surface area (Å²) in [6, 6.07) is 11.7. The van der Waals surface area contributed by atoms with Gasteiger partial charge in [0.1, 0.15) is 12.4 Å². The van der Waals surface area contributed by atoms with E-state index in [0.29, 0.717) is 37.7 Å². The van der Waals surface area contributed by atoms with Gasteiger partial charge in [-0.05, 0) is 41.3 Å². The highest BCUT2D eigenvalue weighted by Gasteiger charge is 2.31. The van der Waals surface area contributed by atoms with E-state index in [1.54, 1.807) is 32.3 Å². The van der Waals surface area contributed by atoms with E-state index in [0.717, 1.165) is 36.2 Å². The summed E-state index contributed by atoms with van der Waals surface area (Å²) in [6.45, 7) is 5.13. The molecule has 0 radical (unpaired) electrons. The summed E-state index contributed by atoms with van der Waals surface area (Å²) in [4.78, 5) is 19.1. The fourth-order valence-corrected chi connectivity index (χ4v) is 4.52. The normalized spacial score (nSPS) is 13.6. The third kappa shape index (κ3) is 6.41. The van der Waals surface area contributed by atoms with Gasteiger partial charge < -0.3 is 24.4 Å². The lowest BCUT2D eigenvalue weighted by atomic mass is 9.94. The zero-order valence-electron chi connectivity index (χ0n) is 22.6. The van der Waals surface area contributed by atoms with E-state index in [-0.39, 0.29) is 12.0 Å². The molecule has 1 aliphatic heterocycles. The van der Waals surface area contributed by atoms with Crippen LogP contribution < -0.4 is 10.1 Å². The molecule has 2 heterocycles. The fraction of sp³-hybridized carbons (Fsp3) is 0.414. The van der Waals surface area contributed by atoms with Gasteiger partial charge in [-0.2, -0.15) is 5.10 Å². The van der Waals surface area contributed by atoms with Gasteiger partial charge in [-0.25, -0.2) is 0 Å². The van der Waals surface area contributed by atoms with Crippen LogP contribution in [0.5, 0.6) is 5.75 Å². The topological polar surface area (TPSA) is 90.2 Å². The molecule has 0 atom stereocenters. The average Bonchev–Trinajstić information content (AvgIpc) is 3.39. The smallest absolute Gasteiger partial charge is 0.254 e. The Hall–Kier alpha value is -3.69.